The summed E-state index contributed by atoms with van der Waals surface area (Å²) >= 11 is 5.49. The normalized spacial score (nSPS) is 11.2. The number of rotatable bonds is 6. The molecule has 200 valence electrons. The summed E-state index contributed by atoms with van der Waals surface area (Å²) in [5.74, 6) is -10.00. The van der Waals surface area contributed by atoms with E-state index in [9.17, 15) is 22.0 Å². The van der Waals surface area contributed by atoms with Gasteiger partial charge in [-0.3, -0.25) is 9.36 Å². The molecule has 0 aliphatic heterocycles. The highest BCUT2D eigenvalue weighted by Gasteiger charge is 2.27. The van der Waals surface area contributed by atoms with Gasteiger partial charge in [-0.25, -0.2) is 22.0 Å². The summed E-state index contributed by atoms with van der Waals surface area (Å²) < 4.78 is 72.1. The van der Waals surface area contributed by atoms with Gasteiger partial charge in [0.1, 0.15) is 0 Å². The third-order valence-corrected chi connectivity index (χ3v) is 6.63. The molecular formula is C26H25F5N6S. The van der Waals surface area contributed by atoms with Crippen LogP contribution in [0.25, 0.3) is 0 Å². The molecule has 12 heteroatoms. The minimum Gasteiger partial charge on any atom is -0.329 e. The van der Waals surface area contributed by atoms with E-state index in [4.69, 9.17) is 12.2 Å². The zero-order chi connectivity index (χ0) is 27.9. The van der Waals surface area contributed by atoms with Crippen molar-refractivity contribution in [3.8, 4) is 0 Å². The fraction of sp³-hybridized carbons (Fsp3) is 0.269. The number of aromatic nitrogens is 4. The molecule has 0 saturated heterocycles. The van der Waals surface area contributed by atoms with Crippen LogP contribution in [0.5, 0.6) is 0 Å². The van der Waals surface area contributed by atoms with E-state index < -0.39 is 41.2 Å². The summed E-state index contributed by atoms with van der Waals surface area (Å²) in [5, 5.41) is 15.2. The molecular weight excluding hydrogens is 523 g/mol. The van der Waals surface area contributed by atoms with E-state index in [-0.39, 0.29) is 5.11 Å². The average molecular weight is 549 g/mol. The molecule has 0 spiro atoms. The Hall–Kier alpha value is -3.80. The second-order valence-corrected chi connectivity index (χ2v) is 9.37. The lowest BCUT2D eigenvalue weighted by atomic mass is 10.1. The van der Waals surface area contributed by atoms with Crippen molar-refractivity contribution in [2.75, 3.05) is 10.6 Å². The molecule has 0 bridgehead atoms. The van der Waals surface area contributed by atoms with Crippen LogP contribution in [-0.4, -0.2) is 24.7 Å². The van der Waals surface area contributed by atoms with Crippen LogP contribution in [0.15, 0.2) is 24.3 Å². The number of nitrogens with zero attached hydrogens (tertiary/aromatic N) is 4. The third kappa shape index (κ3) is 5.00. The van der Waals surface area contributed by atoms with E-state index in [0.717, 1.165) is 32.9 Å². The van der Waals surface area contributed by atoms with Crippen molar-refractivity contribution in [1.82, 2.24) is 19.6 Å². The van der Waals surface area contributed by atoms with Crippen molar-refractivity contribution in [2.24, 2.45) is 0 Å². The number of benzene rings is 2. The molecule has 0 unspecified atom stereocenters. The first-order valence-corrected chi connectivity index (χ1v) is 12.0. The van der Waals surface area contributed by atoms with E-state index in [1.807, 2.05) is 49.7 Å². The van der Waals surface area contributed by atoms with E-state index in [0.29, 0.717) is 23.6 Å². The SMILES string of the molecule is Cc1ccccc1Cn1nc(C)c(NC(=S)Nc2c(C)nn(Cc3c(F)c(F)c(F)c(F)c3F)c2C)c1C. The van der Waals surface area contributed by atoms with Gasteiger partial charge in [-0.1, -0.05) is 24.3 Å². The van der Waals surface area contributed by atoms with Crippen LogP contribution in [0.2, 0.25) is 0 Å². The highest BCUT2D eigenvalue weighted by molar-refractivity contribution is 7.80. The van der Waals surface area contributed by atoms with Gasteiger partial charge in [0, 0.05) is 0 Å². The maximum Gasteiger partial charge on any atom is 0.200 e. The Morgan fingerprint density at radius 1 is 0.711 bits per heavy atom. The summed E-state index contributed by atoms with van der Waals surface area (Å²) in [4.78, 5) is 0. The molecule has 38 heavy (non-hydrogen) atoms. The quantitative estimate of drug-likeness (QED) is 0.130. The molecule has 0 amide bonds. The fourth-order valence-electron chi connectivity index (χ4n) is 4.21. The number of thiocarbonyl (C=S) groups is 1. The maximum absolute atomic E-state index is 14.2. The van der Waals surface area contributed by atoms with Crippen LogP contribution in [0.4, 0.5) is 33.3 Å². The largest absolute Gasteiger partial charge is 0.329 e. The summed E-state index contributed by atoms with van der Waals surface area (Å²) in [5.41, 5.74) is 4.87. The lowest BCUT2D eigenvalue weighted by Gasteiger charge is -2.13. The molecule has 0 atom stereocenters. The predicted octanol–water partition coefficient (Wildman–Crippen LogP) is 6.22. The Labute approximate surface area is 221 Å². The topological polar surface area (TPSA) is 59.7 Å². The number of aryl methyl sites for hydroxylation is 3. The van der Waals surface area contributed by atoms with Crippen molar-refractivity contribution in [3.63, 3.8) is 0 Å². The molecule has 0 fully saturated rings. The number of nitrogens with one attached hydrogen (secondary N) is 2. The van der Waals surface area contributed by atoms with Crippen molar-refractivity contribution >= 4 is 28.7 Å². The first kappa shape index (κ1) is 27.2. The van der Waals surface area contributed by atoms with Crippen LogP contribution >= 0.6 is 12.2 Å². The number of hydrogen-bond donors (Lipinski definition) is 2. The van der Waals surface area contributed by atoms with Crippen LogP contribution in [0, 0.1) is 63.7 Å². The zero-order valence-electron chi connectivity index (χ0n) is 21.3. The smallest absolute Gasteiger partial charge is 0.200 e. The third-order valence-electron chi connectivity index (χ3n) is 6.43. The summed E-state index contributed by atoms with van der Waals surface area (Å²) in [6, 6.07) is 8.03. The lowest BCUT2D eigenvalue weighted by Crippen LogP contribution is -2.21. The van der Waals surface area contributed by atoms with E-state index in [1.54, 1.807) is 13.8 Å². The predicted molar refractivity (Wildman–Crippen MR) is 139 cm³/mol. The summed E-state index contributed by atoms with van der Waals surface area (Å²) in [7, 11) is 0. The van der Waals surface area contributed by atoms with Crippen molar-refractivity contribution in [3.05, 3.63) is 92.8 Å². The van der Waals surface area contributed by atoms with Crippen LogP contribution < -0.4 is 10.6 Å². The van der Waals surface area contributed by atoms with Gasteiger partial charge in [0.15, 0.2) is 28.4 Å². The van der Waals surface area contributed by atoms with Gasteiger partial charge in [0.2, 0.25) is 5.82 Å². The molecule has 2 aromatic carbocycles. The molecule has 2 N–H and O–H groups in total. The van der Waals surface area contributed by atoms with Gasteiger partial charge in [-0.2, -0.15) is 10.2 Å². The number of anilines is 2. The molecule has 4 aromatic rings. The second kappa shape index (κ2) is 10.5. The summed E-state index contributed by atoms with van der Waals surface area (Å²) in [6.45, 7) is 8.95. The number of halogens is 5. The van der Waals surface area contributed by atoms with Gasteiger partial charge in [-0.15, -0.1) is 0 Å². The average Bonchev–Trinajstić information content (AvgIpc) is 3.29. The van der Waals surface area contributed by atoms with Gasteiger partial charge < -0.3 is 10.6 Å². The van der Waals surface area contributed by atoms with Crippen molar-refractivity contribution < 1.29 is 22.0 Å². The van der Waals surface area contributed by atoms with E-state index in [1.165, 1.54) is 0 Å². The van der Waals surface area contributed by atoms with E-state index in [2.05, 4.69) is 20.8 Å². The molecule has 0 aliphatic carbocycles. The van der Waals surface area contributed by atoms with Crippen LogP contribution in [-0.2, 0) is 13.1 Å². The Morgan fingerprint density at radius 2 is 1.16 bits per heavy atom. The molecule has 0 radical (unpaired) electrons. The Kier molecular flexibility index (Phi) is 7.54. The fourth-order valence-corrected chi connectivity index (χ4v) is 4.41. The minimum absolute atomic E-state index is 0.216. The number of hydrogen-bond acceptors (Lipinski definition) is 3. The lowest BCUT2D eigenvalue weighted by molar-refractivity contribution is 0.366. The van der Waals surface area contributed by atoms with Gasteiger partial charge in [0.05, 0.1) is 52.8 Å². The molecule has 2 heterocycles. The Bertz CT molecular complexity index is 1530. The molecule has 2 aromatic heterocycles. The van der Waals surface area contributed by atoms with Crippen LogP contribution in [0.3, 0.4) is 0 Å². The molecule has 4 rings (SSSR count). The first-order valence-electron chi connectivity index (χ1n) is 11.6. The second-order valence-electron chi connectivity index (χ2n) is 8.96. The van der Waals surface area contributed by atoms with Gasteiger partial charge >= 0.3 is 0 Å². The molecule has 0 saturated carbocycles. The minimum atomic E-state index is -2.20. The van der Waals surface area contributed by atoms with Crippen molar-refractivity contribution in [1.29, 1.82) is 0 Å². The molecule has 0 aliphatic rings. The highest BCUT2D eigenvalue weighted by atomic mass is 32.1. The van der Waals surface area contributed by atoms with Gasteiger partial charge in [-0.05, 0) is 58.0 Å². The summed E-state index contributed by atoms with van der Waals surface area (Å²) in [6.07, 6.45) is 0. The standard InChI is InChI=1S/C26H25F5N6S/c1-12-8-6-7-9-17(12)10-36-15(4)24(13(2)34-36)32-26(38)33-25-14(3)35-37(16(25)5)11-18-19(27)21(29)23(31)22(30)20(18)28/h6-9H,10-11H2,1-5H3,(H2,32,33,38). The Morgan fingerprint density at radius 3 is 1.66 bits per heavy atom. The maximum atomic E-state index is 14.2. The molecule has 6 nitrogen and oxygen atoms in total. The van der Waals surface area contributed by atoms with Crippen molar-refractivity contribution in [2.45, 2.75) is 47.7 Å². The zero-order valence-corrected chi connectivity index (χ0v) is 22.1. The van der Waals surface area contributed by atoms with Crippen LogP contribution in [0.1, 0.15) is 39.5 Å². The Balaban J connectivity index is 1.54. The first-order chi connectivity index (χ1) is 17.9. The monoisotopic (exact) mass is 548 g/mol. The highest BCUT2D eigenvalue weighted by Crippen LogP contribution is 2.27. The van der Waals surface area contributed by atoms with Gasteiger partial charge in [0.25, 0.3) is 0 Å². The van der Waals surface area contributed by atoms with E-state index >= 15 is 0 Å².